The molecule has 2 heteroatoms. The van der Waals surface area contributed by atoms with Gasteiger partial charge in [0.1, 0.15) is 0 Å². The van der Waals surface area contributed by atoms with Gasteiger partial charge in [0.2, 0.25) is 0 Å². The Morgan fingerprint density at radius 1 is 1.58 bits per heavy atom. The van der Waals surface area contributed by atoms with Crippen molar-refractivity contribution in [1.82, 2.24) is 0 Å². The molecule has 0 radical (unpaired) electrons. The number of nitriles is 1. The zero-order chi connectivity index (χ0) is 8.97. The van der Waals surface area contributed by atoms with Gasteiger partial charge in [0.15, 0.2) is 6.29 Å². The molecule has 60 valence electrons. The van der Waals surface area contributed by atoms with Crippen molar-refractivity contribution in [3.05, 3.63) is 34.9 Å². The average molecular weight is 159 g/mol. The lowest BCUT2D eigenvalue weighted by Crippen LogP contribution is -1.94. The standard InChI is InChI=1S/C10H9NO/c1-8-3-2-4-9(5-6-11)10(8)7-12/h2-4,7H,5H2,1H3. The quantitative estimate of drug-likeness (QED) is 0.618. The molecule has 0 bridgehead atoms. The lowest BCUT2D eigenvalue weighted by atomic mass is 10.0. The van der Waals surface area contributed by atoms with E-state index in [1.165, 1.54) is 0 Å². The van der Waals surface area contributed by atoms with Crippen LogP contribution in [0.1, 0.15) is 21.5 Å². The van der Waals surface area contributed by atoms with Crippen LogP contribution in [0, 0.1) is 18.3 Å². The van der Waals surface area contributed by atoms with Crippen LogP contribution in [-0.4, -0.2) is 6.29 Å². The summed E-state index contributed by atoms with van der Waals surface area (Å²) in [5.74, 6) is 0. The molecule has 0 atom stereocenters. The predicted molar refractivity (Wildman–Crippen MR) is 45.9 cm³/mol. The molecule has 0 amide bonds. The van der Waals surface area contributed by atoms with Crippen LogP contribution in [0.2, 0.25) is 0 Å². The summed E-state index contributed by atoms with van der Waals surface area (Å²) in [6.07, 6.45) is 1.11. The summed E-state index contributed by atoms with van der Waals surface area (Å²) in [6, 6.07) is 7.55. The van der Waals surface area contributed by atoms with Crippen molar-refractivity contribution in [1.29, 1.82) is 5.26 Å². The fraction of sp³-hybridized carbons (Fsp3) is 0.200. The first kappa shape index (κ1) is 8.48. The summed E-state index contributed by atoms with van der Waals surface area (Å²) >= 11 is 0. The van der Waals surface area contributed by atoms with Gasteiger partial charge in [-0.15, -0.1) is 0 Å². The minimum Gasteiger partial charge on any atom is -0.298 e. The Morgan fingerprint density at radius 2 is 2.33 bits per heavy atom. The van der Waals surface area contributed by atoms with Crippen LogP contribution in [0.4, 0.5) is 0 Å². The molecule has 0 aromatic heterocycles. The molecule has 1 aromatic carbocycles. The van der Waals surface area contributed by atoms with Crippen molar-refractivity contribution < 1.29 is 4.79 Å². The first-order chi connectivity index (χ1) is 5.79. The molecule has 0 aliphatic rings. The molecule has 0 unspecified atom stereocenters. The number of nitrogens with zero attached hydrogens (tertiary/aromatic N) is 1. The SMILES string of the molecule is Cc1cccc(CC#N)c1C=O. The van der Waals surface area contributed by atoms with Crippen LogP contribution >= 0.6 is 0 Å². The maximum absolute atomic E-state index is 10.6. The Kier molecular flexibility index (Phi) is 2.60. The number of hydrogen-bond donors (Lipinski definition) is 0. The van der Waals surface area contributed by atoms with Crippen LogP contribution in [0.15, 0.2) is 18.2 Å². The van der Waals surface area contributed by atoms with Crippen molar-refractivity contribution in [2.75, 3.05) is 0 Å². The van der Waals surface area contributed by atoms with Crippen LogP contribution in [0.5, 0.6) is 0 Å². The Bertz CT molecular complexity index is 336. The monoisotopic (exact) mass is 159 g/mol. The molecule has 1 rings (SSSR count). The van der Waals surface area contributed by atoms with E-state index >= 15 is 0 Å². The highest BCUT2D eigenvalue weighted by molar-refractivity contribution is 5.79. The first-order valence-electron chi connectivity index (χ1n) is 3.70. The molecule has 1 aromatic rings. The van der Waals surface area contributed by atoms with Crippen LogP contribution in [-0.2, 0) is 6.42 Å². The number of carbonyl (C=O) groups is 1. The molecule has 0 N–H and O–H groups in total. The van der Waals surface area contributed by atoms with Crippen LogP contribution in [0.25, 0.3) is 0 Å². The molecule has 0 heterocycles. The average Bonchev–Trinajstić information content (AvgIpc) is 2.05. The van der Waals surface area contributed by atoms with E-state index < -0.39 is 0 Å². The summed E-state index contributed by atoms with van der Waals surface area (Å²) < 4.78 is 0. The zero-order valence-corrected chi connectivity index (χ0v) is 6.87. The molecule has 0 fully saturated rings. The Morgan fingerprint density at radius 3 is 2.92 bits per heavy atom. The van der Waals surface area contributed by atoms with E-state index in [2.05, 4.69) is 0 Å². The second-order valence-electron chi connectivity index (χ2n) is 2.60. The largest absolute Gasteiger partial charge is 0.298 e. The highest BCUT2D eigenvalue weighted by atomic mass is 16.1. The Balaban J connectivity index is 3.19. The minimum absolute atomic E-state index is 0.301. The van der Waals surface area contributed by atoms with Gasteiger partial charge in [-0.1, -0.05) is 18.2 Å². The number of carbonyl (C=O) groups excluding carboxylic acids is 1. The fourth-order valence-corrected chi connectivity index (χ4v) is 1.15. The predicted octanol–water partition coefficient (Wildman–Crippen LogP) is 1.87. The van der Waals surface area contributed by atoms with Gasteiger partial charge in [0.05, 0.1) is 12.5 Å². The molecule has 0 saturated heterocycles. The molecule has 0 aliphatic carbocycles. The van der Waals surface area contributed by atoms with Crippen LogP contribution < -0.4 is 0 Å². The highest BCUT2D eigenvalue weighted by Gasteiger charge is 2.02. The second kappa shape index (κ2) is 3.68. The maximum Gasteiger partial charge on any atom is 0.150 e. The molecule has 12 heavy (non-hydrogen) atoms. The van der Waals surface area contributed by atoms with E-state index in [0.717, 1.165) is 17.4 Å². The van der Waals surface area contributed by atoms with Crippen molar-refractivity contribution in [3.8, 4) is 6.07 Å². The number of aldehydes is 1. The van der Waals surface area contributed by atoms with Crippen LogP contribution in [0.3, 0.4) is 0 Å². The van der Waals surface area contributed by atoms with Gasteiger partial charge in [0.25, 0.3) is 0 Å². The third-order valence-corrected chi connectivity index (χ3v) is 1.80. The summed E-state index contributed by atoms with van der Waals surface area (Å²) in [7, 11) is 0. The molecular weight excluding hydrogens is 150 g/mol. The molecule has 0 saturated carbocycles. The van der Waals surface area contributed by atoms with Gasteiger partial charge in [-0.3, -0.25) is 4.79 Å². The molecule has 0 spiro atoms. The Hall–Kier alpha value is -1.62. The lowest BCUT2D eigenvalue weighted by Gasteiger charge is -2.02. The van der Waals surface area contributed by atoms with Crippen molar-refractivity contribution in [2.24, 2.45) is 0 Å². The van der Waals surface area contributed by atoms with E-state index in [1.54, 1.807) is 6.07 Å². The summed E-state index contributed by atoms with van der Waals surface area (Å²) in [5.41, 5.74) is 2.39. The van der Waals surface area contributed by atoms with Gasteiger partial charge in [-0.25, -0.2) is 0 Å². The fourth-order valence-electron chi connectivity index (χ4n) is 1.15. The van der Waals surface area contributed by atoms with E-state index in [-0.39, 0.29) is 0 Å². The number of rotatable bonds is 2. The normalized spacial score (nSPS) is 9.00. The van der Waals surface area contributed by atoms with E-state index in [9.17, 15) is 4.79 Å². The number of hydrogen-bond acceptors (Lipinski definition) is 2. The van der Waals surface area contributed by atoms with Crippen molar-refractivity contribution in [2.45, 2.75) is 13.3 Å². The topological polar surface area (TPSA) is 40.9 Å². The van der Waals surface area contributed by atoms with E-state index in [0.29, 0.717) is 12.0 Å². The lowest BCUT2D eigenvalue weighted by molar-refractivity contribution is 0.112. The second-order valence-corrected chi connectivity index (χ2v) is 2.60. The molecule has 2 nitrogen and oxygen atoms in total. The summed E-state index contributed by atoms with van der Waals surface area (Å²) in [5, 5.41) is 8.46. The van der Waals surface area contributed by atoms with Crippen molar-refractivity contribution in [3.63, 3.8) is 0 Å². The van der Waals surface area contributed by atoms with Gasteiger partial charge in [-0.05, 0) is 18.1 Å². The molecule has 0 aliphatic heterocycles. The minimum atomic E-state index is 0.301. The molecular formula is C10H9NO. The Labute approximate surface area is 71.4 Å². The van der Waals surface area contributed by atoms with Gasteiger partial charge >= 0.3 is 0 Å². The maximum atomic E-state index is 10.6. The first-order valence-corrected chi connectivity index (χ1v) is 3.70. The summed E-state index contributed by atoms with van der Waals surface area (Å²) in [4.78, 5) is 10.6. The van der Waals surface area contributed by atoms with Crippen molar-refractivity contribution >= 4 is 6.29 Å². The third-order valence-electron chi connectivity index (χ3n) is 1.80. The van der Waals surface area contributed by atoms with Gasteiger partial charge < -0.3 is 0 Å². The van der Waals surface area contributed by atoms with Gasteiger partial charge in [0, 0.05) is 5.56 Å². The van der Waals surface area contributed by atoms with E-state index in [1.807, 2.05) is 25.1 Å². The van der Waals surface area contributed by atoms with Gasteiger partial charge in [-0.2, -0.15) is 5.26 Å². The zero-order valence-electron chi connectivity index (χ0n) is 6.87. The smallest absolute Gasteiger partial charge is 0.150 e. The third kappa shape index (κ3) is 1.51. The number of aryl methyl sites for hydroxylation is 1. The summed E-state index contributed by atoms with van der Waals surface area (Å²) in [6.45, 7) is 1.87. The highest BCUT2D eigenvalue weighted by Crippen LogP contribution is 2.11. The number of benzene rings is 1. The van der Waals surface area contributed by atoms with E-state index in [4.69, 9.17) is 5.26 Å².